The molecule has 28 heavy (non-hydrogen) atoms. The van der Waals surface area contributed by atoms with E-state index in [-0.39, 0.29) is 17.8 Å². The van der Waals surface area contributed by atoms with Gasteiger partial charge in [0.25, 0.3) is 0 Å². The highest BCUT2D eigenvalue weighted by Crippen LogP contribution is 2.24. The number of hydrogen-bond acceptors (Lipinski definition) is 5. The van der Waals surface area contributed by atoms with Crippen molar-refractivity contribution in [3.63, 3.8) is 0 Å². The van der Waals surface area contributed by atoms with E-state index in [2.05, 4.69) is 31.4 Å². The van der Waals surface area contributed by atoms with Gasteiger partial charge in [-0.25, -0.2) is 0 Å². The number of rotatable bonds is 7. The maximum absolute atomic E-state index is 12.2. The summed E-state index contributed by atoms with van der Waals surface area (Å²) in [6.45, 7) is 3.91. The number of nitrogens with one attached hydrogen (secondary N) is 1. The lowest BCUT2D eigenvalue weighted by atomic mass is 10.2. The Morgan fingerprint density at radius 2 is 2.00 bits per heavy atom. The number of para-hydroxylation sites is 1. The van der Waals surface area contributed by atoms with Gasteiger partial charge < -0.3 is 14.6 Å². The van der Waals surface area contributed by atoms with Gasteiger partial charge in [0.05, 0.1) is 5.75 Å². The summed E-state index contributed by atoms with van der Waals surface area (Å²) < 4.78 is 8.77. The molecule has 0 bridgehead atoms. The van der Waals surface area contributed by atoms with Crippen molar-refractivity contribution in [2.45, 2.75) is 25.1 Å². The Kier molecular flexibility index (Phi) is 6.74. The zero-order valence-electron chi connectivity index (χ0n) is 15.8. The molecule has 3 rings (SSSR count). The van der Waals surface area contributed by atoms with Crippen LogP contribution < -0.4 is 10.1 Å². The summed E-state index contributed by atoms with van der Waals surface area (Å²) in [6, 6.07) is 15.3. The fourth-order valence-corrected chi connectivity index (χ4v) is 3.58. The molecule has 1 atom stereocenters. The van der Waals surface area contributed by atoms with Gasteiger partial charge in [-0.1, -0.05) is 45.9 Å². The van der Waals surface area contributed by atoms with Crippen LogP contribution in [0.4, 0.5) is 5.69 Å². The van der Waals surface area contributed by atoms with Crippen molar-refractivity contribution < 1.29 is 9.53 Å². The third-order valence-electron chi connectivity index (χ3n) is 4.06. The minimum atomic E-state index is -0.256. The van der Waals surface area contributed by atoms with Crippen molar-refractivity contribution in [1.82, 2.24) is 14.8 Å². The Bertz CT molecular complexity index is 962. The van der Waals surface area contributed by atoms with E-state index in [0.717, 1.165) is 21.5 Å². The van der Waals surface area contributed by atoms with Crippen molar-refractivity contribution in [1.29, 1.82) is 0 Å². The van der Waals surface area contributed by atoms with Crippen LogP contribution in [0.15, 0.2) is 58.2 Å². The fourth-order valence-electron chi connectivity index (χ4n) is 2.61. The van der Waals surface area contributed by atoms with Crippen molar-refractivity contribution in [3.8, 4) is 5.75 Å². The van der Waals surface area contributed by atoms with E-state index >= 15 is 0 Å². The Labute approximate surface area is 176 Å². The van der Waals surface area contributed by atoms with Gasteiger partial charge >= 0.3 is 0 Å². The topological polar surface area (TPSA) is 69.0 Å². The average Bonchev–Trinajstić information content (AvgIpc) is 3.04. The summed E-state index contributed by atoms with van der Waals surface area (Å²) in [5, 5.41) is 12.0. The second-order valence-corrected chi connectivity index (χ2v) is 8.07. The number of anilines is 1. The van der Waals surface area contributed by atoms with Crippen molar-refractivity contribution in [2.75, 3.05) is 11.1 Å². The van der Waals surface area contributed by atoms with E-state index in [1.54, 1.807) is 0 Å². The van der Waals surface area contributed by atoms with E-state index in [1.165, 1.54) is 11.8 Å². The van der Waals surface area contributed by atoms with E-state index in [1.807, 2.05) is 74.0 Å². The molecule has 0 saturated heterocycles. The maximum Gasteiger partial charge on any atom is 0.234 e. The molecule has 2 aromatic carbocycles. The molecule has 0 saturated carbocycles. The molecule has 1 N–H and O–H groups in total. The first-order chi connectivity index (χ1) is 13.4. The Morgan fingerprint density at radius 3 is 2.71 bits per heavy atom. The van der Waals surface area contributed by atoms with Crippen LogP contribution in [0.3, 0.4) is 0 Å². The van der Waals surface area contributed by atoms with Crippen molar-refractivity contribution >= 4 is 39.3 Å². The number of aryl methyl sites for hydroxylation is 1. The van der Waals surface area contributed by atoms with Gasteiger partial charge in [0.2, 0.25) is 5.91 Å². The zero-order valence-corrected chi connectivity index (χ0v) is 18.3. The summed E-state index contributed by atoms with van der Waals surface area (Å²) >= 11 is 4.79. The molecule has 1 heterocycles. The van der Waals surface area contributed by atoms with Gasteiger partial charge in [0.15, 0.2) is 17.1 Å². The summed E-state index contributed by atoms with van der Waals surface area (Å²) in [6.07, 6.45) is -0.256. The first-order valence-corrected chi connectivity index (χ1v) is 10.5. The summed E-state index contributed by atoms with van der Waals surface area (Å²) in [5.41, 5.74) is 1.84. The second-order valence-electron chi connectivity index (χ2n) is 6.27. The Balaban J connectivity index is 1.57. The lowest BCUT2D eigenvalue weighted by Gasteiger charge is -2.14. The van der Waals surface area contributed by atoms with Crippen LogP contribution in [0.2, 0.25) is 0 Å². The smallest absolute Gasteiger partial charge is 0.234 e. The molecule has 1 amide bonds. The van der Waals surface area contributed by atoms with Gasteiger partial charge in [-0.15, -0.1) is 10.2 Å². The molecule has 0 aliphatic heterocycles. The maximum atomic E-state index is 12.2. The number of aromatic nitrogens is 3. The number of benzene rings is 2. The Morgan fingerprint density at radius 1 is 1.25 bits per heavy atom. The molecule has 1 unspecified atom stereocenters. The molecule has 0 radical (unpaired) electrons. The molecule has 0 aliphatic carbocycles. The number of thioether (sulfide) groups is 1. The number of carbonyl (C=O) groups is 1. The van der Waals surface area contributed by atoms with Crippen molar-refractivity contribution in [2.24, 2.45) is 7.05 Å². The van der Waals surface area contributed by atoms with Crippen LogP contribution in [0.1, 0.15) is 24.4 Å². The SMILES string of the molecule is Cc1cc(NC(=O)CSc2nnc(C(C)Oc3ccccc3)n2C)ccc1Br. The van der Waals surface area contributed by atoms with Crippen molar-refractivity contribution in [3.05, 3.63) is 64.4 Å². The normalized spacial score (nSPS) is 11.9. The number of hydrogen-bond donors (Lipinski definition) is 1. The predicted octanol–water partition coefficient (Wildman–Crippen LogP) is 4.76. The Hall–Kier alpha value is -2.32. The standard InChI is InChI=1S/C20H21BrN4O2S/c1-13-11-15(9-10-17(13)21)22-18(26)12-28-20-24-23-19(25(20)3)14(2)27-16-7-5-4-6-8-16/h4-11,14H,12H2,1-3H3,(H,22,26). The summed E-state index contributed by atoms with van der Waals surface area (Å²) in [5.74, 6) is 1.63. The number of ether oxygens (including phenoxy) is 1. The number of halogens is 1. The van der Waals surface area contributed by atoms with Crippen LogP contribution in [-0.2, 0) is 11.8 Å². The number of amides is 1. The van der Waals surface area contributed by atoms with Crippen LogP contribution >= 0.6 is 27.7 Å². The van der Waals surface area contributed by atoms with E-state index in [4.69, 9.17) is 4.74 Å². The van der Waals surface area contributed by atoms with Crippen LogP contribution in [0, 0.1) is 6.92 Å². The molecule has 8 heteroatoms. The monoisotopic (exact) mass is 460 g/mol. The highest BCUT2D eigenvalue weighted by molar-refractivity contribution is 9.10. The zero-order chi connectivity index (χ0) is 20.1. The largest absolute Gasteiger partial charge is 0.483 e. The van der Waals surface area contributed by atoms with E-state index in [9.17, 15) is 4.79 Å². The minimum absolute atomic E-state index is 0.0927. The second kappa shape index (κ2) is 9.25. The van der Waals surface area contributed by atoms with E-state index < -0.39 is 0 Å². The molecule has 146 valence electrons. The third kappa shape index (κ3) is 5.14. The van der Waals surface area contributed by atoms with Gasteiger partial charge in [-0.3, -0.25) is 4.79 Å². The van der Waals surface area contributed by atoms with Crippen LogP contribution in [0.25, 0.3) is 0 Å². The fraction of sp³-hybridized carbons (Fsp3) is 0.250. The van der Waals surface area contributed by atoms with E-state index in [0.29, 0.717) is 11.0 Å². The lowest BCUT2D eigenvalue weighted by molar-refractivity contribution is -0.113. The molecule has 3 aromatic rings. The quantitative estimate of drug-likeness (QED) is 0.514. The molecule has 1 aromatic heterocycles. The minimum Gasteiger partial charge on any atom is -0.483 e. The van der Waals surface area contributed by atoms with Gasteiger partial charge in [-0.2, -0.15) is 0 Å². The van der Waals surface area contributed by atoms with Gasteiger partial charge in [0.1, 0.15) is 5.75 Å². The summed E-state index contributed by atoms with van der Waals surface area (Å²) in [7, 11) is 1.87. The molecule has 0 spiro atoms. The highest BCUT2D eigenvalue weighted by atomic mass is 79.9. The molecule has 6 nitrogen and oxygen atoms in total. The number of carbonyl (C=O) groups excluding carboxylic acids is 1. The predicted molar refractivity (Wildman–Crippen MR) is 115 cm³/mol. The van der Waals surface area contributed by atoms with Crippen LogP contribution in [-0.4, -0.2) is 26.4 Å². The number of nitrogens with zero attached hydrogens (tertiary/aromatic N) is 3. The van der Waals surface area contributed by atoms with Crippen LogP contribution in [0.5, 0.6) is 5.75 Å². The third-order valence-corrected chi connectivity index (χ3v) is 5.97. The molecular formula is C20H21BrN4O2S. The summed E-state index contributed by atoms with van der Waals surface area (Å²) in [4.78, 5) is 12.2. The first-order valence-electron chi connectivity index (χ1n) is 8.74. The molecule has 0 aliphatic rings. The molecular weight excluding hydrogens is 440 g/mol. The molecule has 0 fully saturated rings. The van der Waals surface area contributed by atoms with Gasteiger partial charge in [0, 0.05) is 17.2 Å². The average molecular weight is 461 g/mol. The highest BCUT2D eigenvalue weighted by Gasteiger charge is 2.18. The first kappa shape index (κ1) is 20.4. The lowest BCUT2D eigenvalue weighted by Crippen LogP contribution is -2.15. The van der Waals surface area contributed by atoms with Gasteiger partial charge in [-0.05, 0) is 49.7 Å².